The average Bonchev–Trinajstić information content (AvgIpc) is 2.12. The summed E-state index contributed by atoms with van der Waals surface area (Å²) in [5, 5.41) is 0. The normalized spacial score (nSPS) is 13.2. The molecule has 102 valence electrons. The Balaban J connectivity index is 3.70. The van der Waals surface area contributed by atoms with E-state index in [4.69, 9.17) is 0 Å². The van der Waals surface area contributed by atoms with Crippen molar-refractivity contribution in [3.05, 3.63) is 34.4 Å². The third-order valence-electron chi connectivity index (χ3n) is 2.99. The Hall–Kier alpha value is -0.990. The first-order valence-corrected chi connectivity index (χ1v) is 6.17. The summed E-state index contributed by atoms with van der Waals surface area (Å²) in [6, 6.07) is 3.13. The molecule has 0 amide bonds. The van der Waals surface area contributed by atoms with Gasteiger partial charge in [0.15, 0.2) is 0 Å². The molecule has 0 aromatic heterocycles. The van der Waals surface area contributed by atoms with Gasteiger partial charge in [-0.2, -0.15) is 13.2 Å². The van der Waals surface area contributed by atoms with Gasteiger partial charge in [-0.15, -0.1) is 0 Å². The highest BCUT2D eigenvalue weighted by Crippen LogP contribution is 2.41. The number of rotatable bonds is 1. The second kappa shape index (κ2) is 4.60. The van der Waals surface area contributed by atoms with Crippen molar-refractivity contribution in [3.8, 4) is 0 Å². The minimum atomic E-state index is -4.29. The van der Waals surface area contributed by atoms with E-state index >= 15 is 0 Å². The van der Waals surface area contributed by atoms with E-state index < -0.39 is 17.2 Å². The number of halogens is 3. The Morgan fingerprint density at radius 1 is 1.00 bits per heavy atom. The van der Waals surface area contributed by atoms with Gasteiger partial charge in [-0.25, -0.2) is 0 Å². The first-order chi connectivity index (χ1) is 7.94. The van der Waals surface area contributed by atoms with E-state index in [0.29, 0.717) is 11.1 Å². The molecule has 0 fully saturated rings. The standard InChI is InChI=1S/C15H21F3/c1-9(2)11-7-10(3)8-12(15(16,17)18)13(11)14(4,5)6/h7-9H,1-6H3. The van der Waals surface area contributed by atoms with Gasteiger partial charge in [0.05, 0.1) is 5.56 Å². The summed E-state index contributed by atoms with van der Waals surface area (Å²) in [6.07, 6.45) is -4.29. The fourth-order valence-corrected chi connectivity index (χ4v) is 2.33. The van der Waals surface area contributed by atoms with E-state index in [0.717, 1.165) is 5.56 Å². The van der Waals surface area contributed by atoms with Crippen molar-refractivity contribution in [3.63, 3.8) is 0 Å². The molecule has 18 heavy (non-hydrogen) atoms. The van der Waals surface area contributed by atoms with Crippen LogP contribution in [0.2, 0.25) is 0 Å². The molecule has 1 aromatic carbocycles. The van der Waals surface area contributed by atoms with Gasteiger partial charge >= 0.3 is 6.18 Å². The smallest absolute Gasteiger partial charge is 0.166 e. The zero-order valence-corrected chi connectivity index (χ0v) is 11.9. The maximum absolute atomic E-state index is 13.2. The minimum Gasteiger partial charge on any atom is -0.166 e. The van der Waals surface area contributed by atoms with Crippen molar-refractivity contribution >= 4 is 0 Å². The molecule has 0 N–H and O–H groups in total. The molecule has 0 aliphatic carbocycles. The topological polar surface area (TPSA) is 0 Å². The van der Waals surface area contributed by atoms with Gasteiger partial charge in [0.1, 0.15) is 0 Å². The Morgan fingerprint density at radius 3 is 1.83 bits per heavy atom. The van der Waals surface area contributed by atoms with Gasteiger partial charge in [0.25, 0.3) is 0 Å². The van der Waals surface area contributed by atoms with E-state index in [1.54, 1.807) is 6.92 Å². The zero-order valence-electron chi connectivity index (χ0n) is 11.9. The van der Waals surface area contributed by atoms with Crippen LogP contribution < -0.4 is 0 Å². The van der Waals surface area contributed by atoms with Crippen LogP contribution in [0.4, 0.5) is 13.2 Å². The number of hydrogen-bond acceptors (Lipinski definition) is 0. The third-order valence-corrected chi connectivity index (χ3v) is 2.99. The second-order valence-electron chi connectivity index (χ2n) is 6.18. The summed E-state index contributed by atoms with van der Waals surface area (Å²) in [7, 11) is 0. The fourth-order valence-electron chi connectivity index (χ4n) is 2.33. The molecule has 0 bridgehead atoms. The maximum atomic E-state index is 13.2. The van der Waals surface area contributed by atoms with Crippen LogP contribution in [0.15, 0.2) is 12.1 Å². The van der Waals surface area contributed by atoms with Gasteiger partial charge in [-0.1, -0.05) is 46.2 Å². The average molecular weight is 258 g/mol. The SMILES string of the molecule is Cc1cc(C(C)C)c(C(C)(C)C)c(C(F)(F)F)c1. The van der Waals surface area contributed by atoms with E-state index in [-0.39, 0.29) is 5.92 Å². The molecular formula is C15H21F3. The van der Waals surface area contributed by atoms with Crippen molar-refractivity contribution in [1.82, 2.24) is 0 Å². The van der Waals surface area contributed by atoms with Gasteiger partial charge in [0, 0.05) is 0 Å². The lowest BCUT2D eigenvalue weighted by atomic mass is 9.77. The third kappa shape index (κ3) is 3.06. The van der Waals surface area contributed by atoms with Crippen LogP contribution in [-0.2, 0) is 11.6 Å². The molecule has 3 heteroatoms. The van der Waals surface area contributed by atoms with Crippen LogP contribution in [0.1, 0.15) is 62.8 Å². The summed E-state index contributed by atoms with van der Waals surface area (Å²) in [4.78, 5) is 0. The van der Waals surface area contributed by atoms with E-state index in [2.05, 4.69) is 0 Å². The van der Waals surface area contributed by atoms with Gasteiger partial charge in [-0.05, 0) is 35.4 Å². The van der Waals surface area contributed by atoms with Crippen LogP contribution in [0.3, 0.4) is 0 Å². The molecule has 1 aromatic rings. The second-order valence-corrected chi connectivity index (χ2v) is 6.18. The summed E-state index contributed by atoms with van der Waals surface area (Å²) >= 11 is 0. The molecule has 1 rings (SSSR count). The molecular weight excluding hydrogens is 237 g/mol. The molecule has 0 nitrogen and oxygen atoms in total. The summed E-state index contributed by atoms with van der Waals surface area (Å²) in [5.74, 6) is 0.0835. The molecule has 0 unspecified atom stereocenters. The Labute approximate surface area is 107 Å². The number of benzene rings is 1. The monoisotopic (exact) mass is 258 g/mol. The van der Waals surface area contributed by atoms with Crippen molar-refractivity contribution < 1.29 is 13.2 Å². The predicted molar refractivity (Wildman–Crippen MR) is 69.0 cm³/mol. The van der Waals surface area contributed by atoms with Gasteiger partial charge in [-0.3, -0.25) is 0 Å². The van der Waals surface area contributed by atoms with E-state index in [1.807, 2.05) is 40.7 Å². The molecule has 0 saturated carbocycles. The zero-order chi connectivity index (χ0) is 14.3. The highest BCUT2D eigenvalue weighted by Gasteiger charge is 2.38. The van der Waals surface area contributed by atoms with Crippen molar-refractivity contribution in [2.24, 2.45) is 0 Å². The predicted octanol–water partition coefficient (Wildman–Crippen LogP) is 5.43. The molecule has 0 aliphatic heterocycles. The molecule has 0 radical (unpaired) electrons. The van der Waals surface area contributed by atoms with Gasteiger partial charge < -0.3 is 0 Å². The fraction of sp³-hybridized carbons (Fsp3) is 0.600. The number of aryl methyl sites for hydroxylation is 1. The van der Waals surface area contributed by atoms with Gasteiger partial charge in [0.2, 0.25) is 0 Å². The lowest BCUT2D eigenvalue weighted by molar-refractivity contribution is -0.138. The first kappa shape index (κ1) is 15.1. The molecule has 0 aliphatic rings. The summed E-state index contributed by atoms with van der Waals surface area (Å²) in [5.41, 5.74) is 0.890. The summed E-state index contributed by atoms with van der Waals surface area (Å²) < 4.78 is 39.6. The Bertz CT molecular complexity index is 434. The van der Waals surface area contributed by atoms with Crippen LogP contribution in [0.5, 0.6) is 0 Å². The maximum Gasteiger partial charge on any atom is 0.416 e. The van der Waals surface area contributed by atoms with Crippen molar-refractivity contribution in [1.29, 1.82) is 0 Å². The first-order valence-electron chi connectivity index (χ1n) is 6.17. The molecule has 0 atom stereocenters. The molecule has 0 spiro atoms. The van der Waals surface area contributed by atoms with Crippen molar-refractivity contribution in [2.75, 3.05) is 0 Å². The molecule has 0 heterocycles. The largest absolute Gasteiger partial charge is 0.416 e. The number of hydrogen-bond donors (Lipinski definition) is 0. The highest BCUT2D eigenvalue weighted by atomic mass is 19.4. The van der Waals surface area contributed by atoms with Crippen molar-refractivity contribution in [2.45, 2.75) is 59.1 Å². The van der Waals surface area contributed by atoms with Crippen LogP contribution in [0, 0.1) is 6.92 Å². The number of alkyl halides is 3. The van der Waals surface area contributed by atoms with E-state index in [9.17, 15) is 13.2 Å². The summed E-state index contributed by atoms with van der Waals surface area (Å²) in [6.45, 7) is 11.1. The van der Waals surface area contributed by atoms with Crippen LogP contribution >= 0.6 is 0 Å². The Kier molecular flexibility index (Phi) is 3.85. The molecule has 0 saturated heterocycles. The lowest BCUT2D eigenvalue weighted by Gasteiger charge is -2.29. The van der Waals surface area contributed by atoms with Crippen LogP contribution in [-0.4, -0.2) is 0 Å². The van der Waals surface area contributed by atoms with Crippen LogP contribution in [0.25, 0.3) is 0 Å². The highest BCUT2D eigenvalue weighted by molar-refractivity contribution is 5.46. The quantitative estimate of drug-likeness (QED) is 0.629. The Morgan fingerprint density at radius 2 is 1.50 bits per heavy atom. The minimum absolute atomic E-state index is 0.0835. The van der Waals surface area contributed by atoms with E-state index in [1.165, 1.54) is 6.07 Å². The lowest BCUT2D eigenvalue weighted by Crippen LogP contribution is -2.22.